The predicted molar refractivity (Wildman–Crippen MR) is 101 cm³/mol. The van der Waals surface area contributed by atoms with Gasteiger partial charge in [0.15, 0.2) is 10.9 Å². The predicted octanol–water partition coefficient (Wildman–Crippen LogP) is 3.65. The number of ether oxygens (including phenoxy) is 2. The third-order valence-electron chi connectivity index (χ3n) is 3.89. The third-order valence-corrected chi connectivity index (χ3v) is 4.94. The number of hydrogen-bond acceptors (Lipinski definition) is 6. The molecule has 0 aliphatic rings. The van der Waals surface area contributed by atoms with Gasteiger partial charge in [0.1, 0.15) is 17.8 Å². The highest BCUT2D eigenvalue weighted by Crippen LogP contribution is 2.30. The van der Waals surface area contributed by atoms with Gasteiger partial charge in [-0.05, 0) is 43.3 Å². The van der Waals surface area contributed by atoms with Gasteiger partial charge in [-0.3, -0.25) is 9.36 Å². The standard InChI is InChI=1S/C19H19N3O3S/c1-13(18(23)14-8-10-15(24-2)11-9-14)26-19-21-20-12-22(19)16-6-4-5-7-17(16)25-3/h4-13H,1-3H3/t13-/m0/s1. The second-order valence-corrected chi connectivity index (χ2v) is 6.82. The fourth-order valence-electron chi connectivity index (χ4n) is 2.50. The average molecular weight is 369 g/mol. The van der Waals surface area contributed by atoms with Crippen LogP contribution in [0.2, 0.25) is 0 Å². The lowest BCUT2D eigenvalue weighted by Gasteiger charge is -2.13. The lowest BCUT2D eigenvalue weighted by molar-refractivity contribution is 0.0994. The molecule has 1 atom stereocenters. The number of nitrogens with zero attached hydrogens (tertiary/aromatic N) is 3. The van der Waals surface area contributed by atoms with E-state index in [0.29, 0.717) is 16.5 Å². The number of carbonyl (C=O) groups excluding carboxylic acids is 1. The highest BCUT2D eigenvalue weighted by atomic mass is 32.2. The maximum atomic E-state index is 12.7. The van der Waals surface area contributed by atoms with Crippen molar-refractivity contribution < 1.29 is 14.3 Å². The lowest BCUT2D eigenvalue weighted by Crippen LogP contribution is -2.14. The summed E-state index contributed by atoms with van der Waals surface area (Å²) in [5, 5.41) is 8.46. The van der Waals surface area contributed by atoms with E-state index in [1.807, 2.05) is 35.8 Å². The van der Waals surface area contributed by atoms with Gasteiger partial charge in [-0.1, -0.05) is 23.9 Å². The highest BCUT2D eigenvalue weighted by Gasteiger charge is 2.20. The molecule has 0 aliphatic heterocycles. The van der Waals surface area contributed by atoms with Crippen molar-refractivity contribution in [3.63, 3.8) is 0 Å². The van der Waals surface area contributed by atoms with Crippen molar-refractivity contribution in [1.29, 1.82) is 0 Å². The van der Waals surface area contributed by atoms with Gasteiger partial charge in [-0.2, -0.15) is 0 Å². The van der Waals surface area contributed by atoms with Crippen molar-refractivity contribution in [2.24, 2.45) is 0 Å². The molecule has 2 aromatic carbocycles. The largest absolute Gasteiger partial charge is 0.497 e. The Morgan fingerprint density at radius 3 is 2.50 bits per heavy atom. The molecular formula is C19H19N3O3S. The number of ketones is 1. The molecule has 3 rings (SSSR count). The first kappa shape index (κ1) is 18.0. The van der Waals surface area contributed by atoms with Crippen LogP contribution >= 0.6 is 11.8 Å². The highest BCUT2D eigenvalue weighted by molar-refractivity contribution is 8.00. The first-order chi connectivity index (χ1) is 12.6. The molecule has 0 unspecified atom stereocenters. The Morgan fingerprint density at radius 1 is 1.08 bits per heavy atom. The van der Waals surface area contributed by atoms with Crippen LogP contribution in [0.15, 0.2) is 60.0 Å². The normalized spacial score (nSPS) is 11.8. The monoisotopic (exact) mass is 369 g/mol. The Labute approximate surface area is 156 Å². The van der Waals surface area contributed by atoms with E-state index < -0.39 is 0 Å². The Hall–Kier alpha value is -2.80. The van der Waals surface area contributed by atoms with E-state index in [9.17, 15) is 4.79 Å². The van der Waals surface area contributed by atoms with Crippen LogP contribution in [0.25, 0.3) is 5.69 Å². The quantitative estimate of drug-likeness (QED) is 0.468. The van der Waals surface area contributed by atoms with Gasteiger partial charge in [-0.25, -0.2) is 0 Å². The van der Waals surface area contributed by atoms with E-state index in [4.69, 9.17) is 9.47 Å². The first-order valence-corrected chi connectivity index (χ1v) is 8.90. The minimum atomic E-state index is -0.318. The average Bonchev–Trinajstić information content (AvgIpc) is 3.15. The number of hydrogen-bond donors (Lipinski definition) is 0. The molecule has 1 heterocycles. The van der Waals surface area contributed by atoms with Gasteiger partial charge in [0.2, 0.25) is 0 Å². The number of carbonyl (C=O) groups is 1. The molecule has 0 spiro atoms. The van der Waals surface area contributed by atoms with Crippen LogP contribution in [-0.2, 0) is 0 Å². The molecule has 0 aliphatic carbocycles. The van der Waals surface area contributed by atoms with Crippen LogP contribution in [0.1, 0.15) is 17.3 Å². The molecule has 0 radical (unpaired) electrons. The van der Waals surface area contributed by atoms with Crippen LogP contribution in [-0.4, -0.2) is 40.0 Å². The molecule has 0 saturated carbocycles. The summed E-state index contributed by atoms with van der Waals surface area (Å²) in [4.78, 5) is 12.7. The number of aromatic nitrogens is 3. The molecule has 0 bridgehead atoms. The summed E-state index contributed by atoms with van der Waals surface area (Å²) in [7, 11) is 3.21. The zero-order chi connectivity index (χ0) is 18.5. The van der Waals surface area contributed by atoms with E-state index in [0.717, 1.165) is 11.4 Å². The Morgan fingerprint density at radius 2 is 1.81 bits per heavy atom. The molecule has 0 amide bonds. The van der Waals surface area contributed by atoms with Crippen LogP contribution in [0.3, 0.4) is 0 Å². The number of rotatable bonds is 7. The van der Waals surface area contributed by atoms with E-state index in [2.05, 4.69) is 10.2 Å². The van der Waals surface area contributed by atoms with Crippen molar-refractivity contribution >= 4 is 17.5 Å². The topological polar surface area (TPSA) is 66.2 Å². The van der Waals surface area contributed by atoms with Crippen molar-refractivity contribution in [2.75, 3.05) is 14.2 Å². The molecular weight excluding hydrogens is 350 g/mol. The molecule has 7 heteroatoms. The van der Waals surface area contributed by atoms with Gasteiger partial charge < -0.3 is 9.47 Å². The number of methoxy groups -OCH3 is 2. The molecule has 6 nitrogen and oxygen atoms in total. The summed E-state index contributed by atoms with van der Waals surface area (Å²) in [5.41, 5.74) is 1.46. The van der Waals surface area contributed by atoms with Crippen LogP contribution in [0, 0.1) is 0 Å². The Kier molecular flexibility index (Phi) is 5.58. The van der Waals surface area contributed by atoms with Gasteiger partial charge in [0.05, 0.1) is 25.2 Å². The maximum absolute atomic E-state index is 12.7. The summed E-state index contributed by atoms with van der Waals surface area (Å²) in [6, 6.07) is 14.7. The molecule has 0 saturated heterocycles. The van der Waals surface area contributed by atoms with Gasteiger partial charge in [0, 0.05) is 5.56 Å². The first-order valence-electron chi connectivity index (χ1n) is 8.02. The second kappa shape index (κ2) is 8.05. The van der Waals surface area contributed by atoms with E-state index in [-0.39, 0.29) is 11.0 Å². The number of thioether (sulfide) groups is 1. The summed E-state index contributed by atoms with van der Waals surface area (Å²) >= 11 is 1.36. The summed E-state index contributed by atoms with van der Waals surface area (Å²) in [6.45, 7) is 1.86. The minimum Gasteiger partial charge on any atom is -0.497 e. The SMILES string of the molecule is COc1ccc(C(=O)[C@H](C)Sc2nncn2-c2ccccc2OC)cc1. The minimum absolute atomic E-state index is 0.0206. The Balaban J connectivity index is 1.81. The molecule has 1 aromatic heterocycles. The summed E-state index contributed by atoms with van der Waals surface area (Å²) < 4.78 is 12.4. The van der Waals surface area contributed by atoms with Crippen LogP contribution in [0.5, 0.6) is 11.5 Å². The van der Waals surface area contributed by atoms with Crippen molar-refractivity contribution in [3.8, 4) is 17.2 Å². The van der Waals surface area contributed by atoms with Crippen molar-refractivity contribution in [2.45, 2.75) is 17.3 Å². The smallest absolute Gasteiger partial charge is 0.196 e. The van der Waals surface area contributed by atoms with E-state index >= 15 is 0 Å². The fourth-order valence-corrected chi connectivity index (χ4v) is 3.41. The fraction of sp³-hybridized carbons (Fsp3) is 0.211. The zero-order valence-corrected chi connectivity index (χ0v) is 15.6. The molecule has 0 fully saturated rings. The molecule has 134 valence electrons. The molecule has 3 aromatic rings. The zero-order valence-electron chi connectivity index (χ0n) is 14.7. The van der Waals surface area contributed by atoms with Crippen molar-refractivity contribution in [1.82, 2.24) is 14.8 Å². The number of benzene rings is 2. The van der Waals surface area contributed by atoms with Crippen LogP contribution in [0.4, 0.5) is 0 Å². The van der Waals surface area contributed by atoms with E-state index in [1.165, 1.54) is 11.8 Å². The van der Waals surface area contributed by atoms with Gasteiger partial charge in [0.25, 0.3) is 0 Å². The lowest BCUT2D eigenvalue weighted by atomic mass is 10.1. The van der Waals surface area contributed by atoms with E-state index in [1.54, 1.807) is 44.8 Å². The third kappa shape index (κ3) is 3.72. The summed E-state index contributed by atoms with van der Waals surface area (Å²) in [6.07, 6.45) is 1.62. The Bertz CT molecular complexity index is 893. The number of Topliss-reactive ketones (excluding diaryl/α,β-unsaturated/α-hetero) is 1. The maximum Gasteiger partial charge on any atom is 0.196 e. The van der Waals surface area contributed by atoms with Crippen molar-refractivity contribution in [3.05, 3.63) is 60.4 Å². The second-order valence-electron chi connectivity index (χ2n) is 5.51. The summed E-state index contributed by atoms with van der Waals surface area (Å²) in [5.74, 6) is 1.45. The van der Waals surface area contributed by atoms with Crippen LogP contribution < -0.4 is 9.47 Å². The molecule has 26 heavy (non-hydrogen) atoms. The molecule has 0 N–H and O–H groups in total. The van der Waals surface area contributed by atoms with Gasteiger partial charge >= 0.3 is 0 Å². The van der Waals surface area contributed by atoms with Gasteiger partial charge in [-0.15, -0.1) is 10.2 Å². The number of para-hydroxylation sites is 2.